The van der Waals surface area contributed by atoms with E-state index in [1.54, 1.807) is 7.11 Å². The van der Waals surface area contributed by atoms with Gasteiger partial charge in [-0.2, -0.15) is 0 Å². The number of likely N-dealkylation sites (tertiary alicyclic amines) is 1. The van der Waals surface area contributed by atoms with Crippen molar-refractivity contribution in [1.29, 1.82) is 0 Å². The number of aryl methyl sites for hydroxylation is 1. The predicted octanol–water partition coefficient (Wildman–Crippen LogP) is 5.90. The molecule has 1 atom stereocenters. The molecule has 0 spiro atoms. The van der Waals surface area contributed by atoms with Crippen molar-refractivity contribution in [3.63, 3.8) is 0 Å². The van der Waals surface area contributed by atoms with E-state index in [1.165, 1.54) is 11.8 Å². The van der Waals surface area contributed by atoms with Gasteiger partial charge >= 0.3 is 5.97 Å². The number of aliphatic hydroxyl groups is 1. The Labute approximate surface area is 217 Å². The Kier molecular flexibility index (Phi) is 8.83. The number of hydrogen-bond acceptors (Lipinski definition) is 5. The average molecular weight is 511 g/mol. The molecule has 0 aliphatic carbocycles. The smallest absolute Gasteiger partial charge is 0.309 e. The van der Waals surface area contributed by atoms with Gasteiger partial charge < -0.3 is 19.8 Å². The second kappa shape index (κ2) is 12.0. The summed E-state index contributed by atoms with van der Waals surface area (Å²) in [6.45, 7) is 2.53. The van der Waals surface area contributed by atoms with Gasteiger partial charge in [0.2, 0.25) is 0 Å². The van der Waals surface area contributed by atoms with E-state index in [0.29, 0.717) is 47.5 Å². The number of aliphatic hydroxyl groups excluding tert-OH is 1. The van der Waals surface area contributed by atoms with Gasteiger partial charge in [0.25, 0.3) is 0 Å². The Morgan fingerprint density at radius 3 is 2.61 bits per heavy atom. The molecule has 4 rings (SSSR count). The van der Waals surface area contributed by atoms with Crippen molar-refractivity contribution in [2.75, 3.05) is 26.7 Å². The van der Waals surface area contributed by atoms with Crippen molar-refractivity contribution in [3.8, 4) is 5.75 Å². The Bertz CT molecular complexity index is 1160. The standard InChI is InChI=1S/C29H35ClN2O4/c1-36-22-10-11-25-23(19-22)27(24(30)20-31-25)26(33)12-13-29(28(34)35)14-17-32(18-15-29)16-6-5-9-21-7-3-2-4-8-21/h2-4,7-8,10-11,19-20,26,33H,5-6,9,12-18H2,1H3,(H,34,35)/t26-/m1/s1. The summed E-state index contributed by atoms with van der Waals surface area (Å²) in [6.07, 6.45) is 5.85. The molecule has 0 saturated carbocycles. The molecule has 3 aromatic rings. The lowest BCUT2D eigenvalue weighted by molar-refractivity contribution is -0.153. The number of unbranched alkanes of at least 4 members (excludes halogenated alkanes) is 1. The zero-order valence-corrected chi connectivity index (χ0v) is 21.6. The van der Waals surface area contributed by atoms with E-state index in [1.807, 2.05) is 24.3 Å². The van der Waals surface area contributed by atoms with Crippen LogP contribution >= 0.6 is 11.6 Å². The normalized spacial score (nSPS) is 16.6. The van der Waals surface area contributed by atoms with Gasteiger partial charge in [0.05, 0.1) is 29.2 Å². The number of piperidine rings is 1. The Morgan fingerprint density at radius 1 is 1.17 bits per heavy atom. The molecule has 0 amide bonds. The van der Waals surface area contributed by atoms with Crippen molar-refractivity contribution in [3.05, 3.63) is 70.9 Å². The van der Waals surface area contributed by atoms with Crippen LogP contribution in [-0.2, 0) is 11.2 Å². The van der Waals surface area contributed by atoms with Crippen LogP contribution in [0.1, 0.15) is 55.8 Å². The fourth-order valence-corrected chi connectivity index (χ4v) is 5.55. The van der Waals surface area contributed by atoms with Crippen molar-refractivity contribution >= 4 is 28.5 Å². The van der Waals surface area contributed by atoms with Crippen molar-refractivity contribution in [1.82, 2.24) is 9.88 Å². The minimum atomic E-state index is -0.887. The summed E-state index contributed by atoms with van der Waals surface area (Å²) in [5, 5.41) is 22.4. The lowest BCUT2D eigenvalue weighted by Gasteiger charge is -2.39. The second-order valence-corrected chi connectivity index (χ2v) is 10.2. The highest BCUT2D eigenvalue weighted by Crippen LogP contribution is 2.41. The molecule has 6 nitrogen and oxygen atoms in total. The molecule has 1 saturated heterocycles. The van der Waals surface area contributed by atoms with Crippen LogP contribution in [0.25, 0.3) is 10.9 Å². The maximum Gasteiger partial charge on any atom is 0.309 e. The van der Waals surface area contributed by atoms with E-state index in [9.17, 15) is 15.0 Å². The first kappa shape index (κ1) is 26.4. The quantitative estimate of drug-likeness (QED) is 0.312. The van der Waals surface area contributed by atoms with Gasteiger partial charge in [-0.3, -0.25) is 9.78 Å². The molecule has 0 bridgehead atoms. The van der Waals surface area contributed by atoms with Gasteiger partial charge in [-0.05, 0) is 88.3 Å². The molecule has 36 heavy (non-hydrogen) atoms. The molecule has 1 fully saturated rings. The number of hydrogen-bond donors (Lipinski definition) is 2. The number of carboxylic acids is 1. The summed E-state index contributed by atoms with van der Waals surface area (Å²) >= 11 is 6.44. The van der Waals surface area contributed by atoms with Gasteiger partial charge in [0.1, 0.15) is 5.75 Å². The largest absolute Gasteiger partial charge is 0.497 e. The zero-order chi connectivity index (χ0) is 25.5. The highest BCUT2D eigenvalue weighted by molar-refractivity contribution is 6.32. The number of halogens is 1. The lowest BCUT2D eigenvalue weighted by Crippen LogP contribution is -2.44. The van der Waals surface area contributed by atoms with Crippen LogP contribution in [0.5, 0.6) is 5.75 Å². The van der Waals surface area contributed by atoms with E-state index >= 15 is 0 Å². The Hall–Kier alpha value is -2.67. The molecule has 1 aliphatic rings. The van der Waals surface area contributed by atoms with Gasteiger partial charge in [0.15, 0.2) is 0 Å². The molecule has 7 heteroatoms. The molecule has 1 aromatic heterocycles. The number of nitrogens with zero attached hydrogens (tertiary/aromatic N) is 2. The number of benzene rings is 2. The zero-order valence-electron chi connectivity index (χ0n) is 20.8. The number of pyridine rings is 1. The molecule has 2 aromatic carbocycles. The molecule has 192 valence electrons. The first-order valence-electron chi connectivity index (χ1n) is 12.7. The number of fused-ring (bicyclic) bond motifs is 1. The molecule has 1 aliphatic heterocycles. The third kappa shape index (κ3) is 6.17. The maximum atomic E-state index is 12.4. The summed E-state index contributed by atoms with van der Waals surface area (Å²) in [6, 6.07) is 16.0. The third-order valence-corrected chi connectivity index (χ3v) is 7.90. The summed E-state index contributed by atoms with van der Waals surface area (Å²) in [4.78, 5) is 19.1. The Morgan fingerprint density at radius 2 is 1.92 bits per heavy atom. The summed E-state index contributed by atoms with van der Waals surface area (Å²) in [5.74, 6) is -0.121. The van der Waals surface area contributed by atoms with Crippen LogP contribution < -0.4 is 4.74 Å². The van der Waals surface area contributed by atoms with Crippen LogP contribution in [0.4, 0.5) is 0 Å². The minimum Gasteiger partial charge on any atom is -0.497 e. The highest BCUT2D eigenvalue weighted by atomic mass is 35.5. The fraction of sp³-hybridized carbons (Fsp3) is 0.448. The first-order valence-corrected chi connectivity index (χ1v) is 13.1. The lowest BCUT2D eigenvalue weighted by atomic mass is 9.74. The average Bonchev–Trinajstić information content (AvgIpc) is 2.90. The molecular weight excluding hydrogens is 476 g/mol. The van der Waals surface area contributed by atoms with Crippen molar-refractivity contribution in [2.24, 2.45) is 5.41 Å². The molecule has 0 unspecified atom stereocenters. The number of ether oxygens (including phenoxy) is 1. The second-order valence-electron chi connectivity index (χ2n) is 9.83. The van der Waals surface area contributed by atoms with E-state index in [2.05, 4.69) is 34.1 Å². The monoisotopic (exact) mass is 510 g/mol. The van der Waals surface area contributed by atoms with Crippen LogP contribution in [-0.4, -0.2) is 52.8 Å². The van der Waals surface area contributed by atoms with E-state index in [-0.39, 0.29) is 0 Å². The molecule has 2 N–H and O–H groups in total. The van der Waals surface area contributed by atoms with Gasteiger partial charge in [-0.25, -0.2) is 0 Å². The summed E-state index contributed by atoms with van der Waals surface area (Å²) < 4.78 is 5.33. The summed E-state index contributed by atoms with van der Waals surface area (Å²) in [5.41, 5.74) is 1.83. The van der Waals surface area contributed by atoms with Crippen LogP contribution in [0.2, 0.25) is 5.02 Å². The highest BCUT2D eigenvalue weighted by Gasteiger charge is 2.41. The number of methoxy groups -OCH3 is 1. The topological polar surface area (TPSA) is 82.9 Å². The van der Waals surface area contributed by atoms with Crippen LogP contribution in [0.3, 0.4) is 0 Å². The number of rotatable bonds is 11. The fourth-order valence-electron chi connectivity index (χ4n) is 5.28. The van der Waals surface area contributed by atoms with Crippen molar-refractivity contribution in [2.45, 2.75) is 51.0 Å². The number of aromatic nitrogens is 1. The maximum absolute atomic E-state index is 12.4. The van der Waals surface area contributed by atoms with Gasteiger partial charge in [-0.1, -0.05) is 41.9 Å². The molecular formula is C29H35ClN2O4. The molecule has 0 radical (unpaired) electrons. The predicted molar refractivity (Wildman–Crippen MR) is 143 cm³/mol. The number of carbonyl (C=O) groups is 1. The van der Waals surface area contributed by atoms with E-state index in [4.69, 9.17) is 16.3 Å². The number of carboxylic acid groups (broad SMARTS) is 1. The van der Waals surface area contributed by atoms with Crippen LogP contribution in [0, 0.1) is 5.41 Å². The summed E-state index contributed by atoms with van der Waals surface area (Å²) in [7, 11) is 1.58. The van der Waals surface area contributed by atoms with Crippen molar-refractivity contribution < 1.29 is 19.7 Å². The van der Waals surface area contributed by atoms with Gasteiger partial charge in [0, 0.05) is 17.1 Å². The SMILES string of the molecule is COc1ccc2ncc(Cl)c([C@H](O)CCC3(C(=O)O)CCN(CCCCc4ccccc4)CC3)c2c1. The minimum absolute atomic E-state index is 0.319. The van der Waals surface area contributed by atoms with E-state index < -0.39 is 17.5 Å². The number of aliphatic carboxylic acids is 1. The van der Waals surface area contributed by atoms with Crippen LogP contribution in [0.15, 0.2) is 54.7 Å². The Balaban J connectivity index is 1.34. The first-order chi connectivity index (χ1) is 17.4. The van der Waals surface area contributed by atoms with E-state index in [0.717, 1.165) is 44.3 Å². The van der Waals surface area contributed by atoms with Gasteiger partial charge in [-0.15, -0.1) is 0 Å². The third-order valence-electron chi connectivity index (χ3n) is 7.60. The molecule has 2 heterocycles.